The van der Waals surface area contributed by atoms with Crippen LogP contribution in [0.25, 0.3) is 10.2 Å². The van der Waals surface area contributed by atoms with Crippen molar-refractivity contribution in [2.45, 2.75) is 39.4 Å². The first-order valence-electron chi connectivity index (χ1n) is 10.3. The number of nitrogens with one attached hydrogen (secondary N) is 1. The minimum Gasteiger partial charge on any atom is -0.383 e. The van der Waals surface area contributed by atoms with Crippen LogP contribution in [0, 0.1) is 0 Å². The third-order valence-electron chi connectivity index (χ3n) is 5.15. The molecule has 0 saturated carbocycles. The van der Waals surface area contributed by atoms with Gasteiger partial charge in [0.25, 0.3) is 5.56 Å². The standard InChI is InChI=1S/C23H25N5O2S/c1-2-3-13-28-21(24)20(22(29)26-23(28)30)27(14-16-9-5-4-6-10-16)15-19-25-17-11-7-8-12-18(17)31-19/h4-12H,2-3,13-15,24H2,1H3,(H,26,29,30). The molecule has 0 bridgehead atoms. The number of aromatic nitrogens is 3. The van der Waals surface area contributed by atoms with E-state index in [9.17, 15) is 9.59 Å². The molecule has 8 heteroatoms. The summed E-state index contributed by atoms with van der Waals surface area (Å²) in [6.07, 6.45) is 1.71. The van der Waals surface area contributed by atoms with Gasteiger partial charge >= 0.3 is 5.69 Å². The number of hydrogen-bond donors (Lipinski definition) is 2. The molecule has 0 aliphatic heterocycles. The predicted molar refractivity (Wildman–Crippen MR) is 127 cm³/mol. The number of fused-ring (bicyclic) bond motifs is 1. The van der Waals surface area contributed by atoms with Crippen LogP contribution < -0.4 is 21.9 Å². The van der Waals surface area contributed by atoms with Crippen LogP contribution in [0.3, 0.4) is 0 Å². The summed E-state index contributed by atoms with van der Waals surface area (Å²) in [4.78, 5) is 34.3. The highest BCUT2D eigenvalue weighted by Gasteiger charge is 2.21. The van der Waals surface area contributed by atoms with Crippen LogP contribution in [0.2, 0.25) is 0 Å². The molecule has 0 aliphatic rings. The summed E-state index contributed by atoms with van der Waals surface area (Å²) >= 11 is 1.59. The first-order chi connectivity index (χ1) is 15.1. The average Bonchev–Trinajstić information content (AvgIpc) is 3.16. The molecule has 0 spiro atoms. The first kappa shape index (κ1) is 20.9. The molecule has 0 unspecified atom stereocenters. The fourth-order valence-electron chi connectivity index (χ4n) is 3.59. The Kier molecular flexibility index (Phi) is 6.18. The highest BCUT2D eigenvalue weighted by molar-refractivity contribution is 7.18. The molecule has 2 aromatic carbocycles. The molecule has 0 radical (unpaired) electrons. The summed E-state index contributed by atoms with van der Waals surface area (Å²) in [6, 6.07) is 17.8. The second-order valence-electron chi connectivity index (χ2n) is 7.42. The number of rotatable bonds is 8. The number of para-hydroxylation sites is 1. The fraction of sp³-hybridized carbons (Fsp3) is 0.261. The summed E-state index contributed by atoms with van der Waals surface area (Å²) in [5.74, 6) is 0.194. The topological polar surface area (TPSA) is 97.0 Å². The minimum absolute atomic E-state index is 0.194. The number of nitrogens with zero attached hydrogens (tertiary/aromatic N) is 3. The lowest BCUT2D eigenvalue weighted by molar-refractivity contribution is 0.601. The molecule has 0 aliphatic carbocycles. The number of aromatic amines is 1. The van der Waals surface area contributed by atoms with Gasteiger partial charge in [0.1, 0.15) is 16.5 Å². The van der Waals surface area contributed by atoms with E-state index >= 15 is 0 Å². The molecule has 3 N–H and O–H groups in total. The number of H-pyrrole nitrogens is 1. The van der Waals surface area contributed by atoms with E-state index in [0.717, 1.165) is 33.6 Å². The number of thiazole rings is 1. The van der Waals surface area contributed by atoms with Crippen LogP contribution in [0.15, 0.2) is 64.2 Å². The second-order valence-corrected chi connectivity index (χ2v) is 8.53. The molecule has 7 nitrogen and oxygen atoms in total. The number of benzene rings is 2. The van der Waals surface area contributed by atoms with E-state index in [2.05, 4.69) is 4.98 Å². The largest absolute Gasteiger partial charge is 0.383 e. The van der Waals surface area contributed by atoms with Crippen molar-refractivity contribution in [3.8, 4) is 0 Å². The highest BCUT2D eigenvalue weighted by atomic mass is 32.1. The Balaban J connectivity index is 1.78. The molecule has 0 fully saturated rings. The summed E-state index contributed by atoms with van der Waals surface area (Å²) in [5, 5.41) is 0.877. The maximum atomic E-state index is 12.9. The van der Waals surface area contributed by atoms with Gasteiger partial charge in [-0.05, 0) is 24.1 Å². The van der Waals surface area contributed by atoms with Crippen LogP contribution in [-0.2, 0) is 19.6 Å². The smallest absolute Gasteiger partial charge is 0.330 e. The van der Waals surface area contributed by atoms with Gasteiger partial charge in [-0.25, -0.2) is 9.78 Å². The summed E-state index contributed by atoms with van der Waals surface area (Å²) in [5.41, 5.74) is 7.71. The number of nitrogens with two attached hydrogens (primary N) is 1. The quantitative estimate of drug-likeness (QED) is 0.439. The zero-order chi connectivity index (χ0) is 21.8. The monoisotopic (exact) mass is 435 g/mol. The highest BCUT2D eigenvalue weighted by Crippen LogP contribution is 2.27. The lowest BCUT2D eigenvalue weighted by atomic mass is 10.2. The Bertz CT molecular complexity index is 1260. The number of unbranched alkanes of at least 4 members (excludes halogenated alkanes) is 1. The second kappa shape index (κ2) is 9.18. The molecule has 4 aromatic rings. The van der Waals surface area contributed by atoms with Crippen molar-refractivity contribution in [2.24, 2.45) is 0 Å². The van der Waals surface area contributed by atoms with Crippen LogP contribution in [-0.4, -0.2) is 14.5 Å². The third-order valence-corrected chi connectivity index (χ3v) is 6.17. The van der Waals surface area contributed by atoms with Crippen molar-refractivity contribution in [3.05, 3.63) is 86.0 Å². The maximum absolute atomic E-state index is 12.9. The van der Waals surface area contributed by atoms with E-state index in [-0.39, 0.29) is 5.82 Å². The van der Waals surface area contributed by atoms with Gasteiger partial charge in [0.2, 0.25) is 0 Å². The molecule has 31 heavy (non-hydrogen) atoms. The molecular formula is C23H25N5O2S. The van der Waals surface area contributed by atoms with Gasteiger partial charge in [-0.1, -0.05) is 55.8 Å². The number of nitrogen functional groups attached to an aromatic ring is 1. The van der Waals surface area contributed by atoms with E-state index in [0.29, 0.717) is 25.3 Å². The molecule has 0 atom stereocenters. The SMILES string of the molecule is CCCCn1c(N)c(N(Cc2ccccc2)Cc2nc3ccccc3s2)c(=O)[nH]c1=O. The molecule has 0 saturated heterocycles. The third kappa shape index (κ3) is 4.54. The Morgan fingerprint density at radius 2 is 1.81 bits per heavy atom. The number of hydrogen-bond acceptors (Lipinski definition) is 6. The summed E-state index contributed by atoms with van der Waals surface area (Å²) in [7, 11) is 0. The molecular weight excluding hydrogens is 410 g/mol. The van der Waals surface area contributed by atoms with Crippen molar-refractivity contribution in [2.75, 3.05) is 10.6 Å². The van der Waals surface area contributed by atoms with E-state index in [1.807, 2.05) is 66.4 Å². The van der Waals surface area contributed by atoms with Crippen molar-refractivity contribution in [3.63, 3.8) is 0 Å². The Labute approximate surface area is 183 Å². The van der Waals surface area contributed by atoms with E-state index in [1.165, 1.54) is 4.57 Å². The minimum atomic E-state index is -0.479. The average molecular weight is 436 g/mol. The Morgan fingerprint density at radius 1 is 1.06 bits per heavy atom. The lowest BCUT2D eigenvalue weighted by Crippen LogP contribution is -2.38. The molecule has 160 valence electrons. The van der Waals surface area contributed by atoms with Crippen LogP contribution in [0.5, 0.6) is 0 Å². The van der Waals surface area contributed by atoms with Gasteiger partial charge in [0.15, 0.2) is 0 Å². The van der Waals surface area contributed by atoms with Gasteiger partial charge in [-0.3, -0.25) is 14.3 Å². The zero-order valence-corrected chi connectivity index (χ0v) is 18.2. The van der Waals surface area contributed by atoms with Crippen molar-refractivity contribution in [1.29, 1.82) is 0 Å². The summed E-state index contributed by atoms with van der Waals surface area (Å²) in [6.45, 7) is 3.39. The fourth-order valence-corrected chi connectivity index (χ4v) is 4.57. The predicted octanol–water partition coefficient (Wildman–Crippen LogP) is 3.74. The van der Waals surface area contributed by atoms with Crippen LogP contribution in [0.4, 0.5) is 11.5 Å². The Hall–Kier alpha value is -3.39. The Morgan fingerprint density at radius 3 is 2.55 bits per heavy atom. The van der Waals surface area contributed by atoms with Crippen LogP contribution in [0.1, 0.15) is 30.3 Å². The zero-order valence-electron chi connectivity index (χ0n) is 17.4. The summed E-state index contributed by atoms with van der Waals surface area (Å²) < 4.78 is 2.54. The van der Waals surface area contributed by atoms with E-state index in [1.54, 1.807) is 11.3 Å². The van der Waals surface area contributed by atoms with Gasteiger partial charge < -0.3 is 10.6 Å². The number of anilines is 2. The molecule has 0 amide bonds. The van der Waals surface area contributed by atoms with Crippen molar-refractivity contribution < 1.29 is 0 Å². The van der Waals surface area contributed by atoms with E-state index < -0.39 is 11.2 Å². The van der Waals surface area contributed by atoms with Gasteiger partial charge in [-0.2, -0.15) is 0 Å². The normalized spacial score (nSPS) is 11.1. The molecule has 2 heterocycles. The maximum Gasteiger partial charge on any atom is 0.330 e. The van der Waals surface area contributed by atoms with Crippen molar-refractivity contribution >= 4 is 33.1 Å². The molecule has 2 aromatic heterocycles. The van der Waals surface area contributed by atoms with E-state index in [4.69, 9.17) is 10.7 Å². The lowest BCUT2D eigenvalue weighted by Gasteiger charge is -2.25. The van der Waals surface area contributed by atoms with Gasteiger partial charge in [0.05, 0.1) is 16.8 Å². The van der Waals surface area contributed by atoms with Gasteiger partial charge in [0, 0.05) is 13.1 Å². The molecule has 4 rings (SSSR count). The van der Waals surface area contributed by atoms with Crippen molar-refractivity contribution in [1.82, 2.24) is 14.5 Å². The van der Waals surface area contributed by atoms with Gasteiger partial charge in [-0.15, -0.1) is 11.3 Å². The first-order valence-corrected chi connectivity index (χ1v) is 11.1. The van der Waals surface area contributed by atoms with Crippen LogP contribution >= 0.6 is 11.3 Å².